The van der Waals surface area contributed by atoms with Crippen molar-refractivity contribution in [1.29, 1.82) is 0 Å². The molecule has 1 aromatic heterocycles. The van der Waals surface area contributed by atoms with Crippen LogP contribution < -0.4 is 9.86 Å². The van der Waals surface area contributed by atoms with Crippen molar-refractivity contribution in [3.05, 3.63) is 45.7 Å². The Balaban J connectivity index is 2.14. The van der Waals surface area contributed by atoms with Crippen LogP contribution in [-0.4, -0.2) is 16.8 Å². The molecule has 0 bridgehead atoms. The lowest BCUT2D eigenvalue weighted by atomic mass is 10.4. The molecule has 2 aromatic rings. The number of benzene rings is 1. The standard InChI is InChI=1S/C11H11BrN2O4S3/c12-8-2-1-3-10(6-8)21(17,18)14-7-9-4-5-11(19-9)20(13,15)16/h1-6,14H,7H2,(H2,13,15,16). The van der Waals surface area contributed by atoms with Crippen molar-refractivity contribution in [3.8, 4) is 0 Å². The molecule has 2 rings (SSSR count). The Morgan fingerprint density at radius 2 is 1.86 bits per heavy atom. The van der Waals surface area contributed by atoms with E-state index in [0.29, 0.717) is 9.35 Å². The van der Waals surface area contributed by atoms with Crippen LogP contribution in [0.1, 0.15) is 4.88 Å². The van der Waals surface area contributed by atoms with Crippen molar-refractivity contribution < 1.29 is 16.8 Å². The maximum Gasteiger partial charge on any atom is 0.247 e. The van der Waals surface area contributed by atoms with E-state index in [9.17, 15) is 16.8 Å². The fourth-order valence-corrected chi connectivity index (χ4v) is 4.90. The summed E-state index contributed by atoms with van der Waals surface area (Å²) in [6.45, 7) is -0.00493. The van der Waals surface area contributed by atoms with Gasteiger partial charge in [0.15, 0.2) is 0 Å². The lowest BCUT2D eigenvalue weighted by molar-refractivity contribution is 0.581. The highest BCUT2D eigenvalue weighted by Gasteiger charge is 2.16. The van der Waals surface area contributed by atoms with Gasteiger partial charge < -0.3 is 0 Å². The molecule has 114 valence electrons. The van der Waals surface area contributed by atoms with Crippen molar-refractivity contribution in [2.24, 2.45) is 5.14 Å². The molecule has 21 heavy (non-hydrogen) atoms. The van der Waals surface area contributed by atoms with Gasteiger partial charge in [-0.3, -0.25) is 0 Å². The van der Waals surface area contributed by atoms with Crippen molar-refractivity contribution >= 4 is 47.3 Å². The van der Waals surface area contributed by atoms with Gasteiger partial charge in [0.05, 0.1) is 4.90 Å². The van der Waals surface area contributed by atoms with Gasteiger partial charge in [-0.25, -0.2) is 26.7 Å². The van der Waals surface area contributed by atoms with Crippen molar-refractivity contribution in [1.82, 2.24) is 4.72 Å². The normalized spacial score (nSPS) is 12.5. The quantitative estimate of drug-likeness (QED) is 0.780. The Labute approximate surface area is 135 Å². The largest absolute Gasteiger partial charge is 0.247 e. The molecule has 0 aliphatic heterocycles. The average molecular weight is 411 g/mol. The summed E-state index contributed by atoms with van der Waals surface area (Å²) in [5, 5.41) is 5.00. The van der Waals surface area contributed by atoms with Crippen LogP contribution in [0.25, 0.3) is 0 Å². The van der Waals surface area contributed by atoms with Gasteiger partial charge >= 0.3 is 0 Å². The first-order chi connectivity index (χ1) is 9.68. The predicted molar refractivity (Wildman–Crippen MR) is 83.9 cm³/mol. The topological polar surface area (TPSA) is 106 Å². The Morgan fingerprint density at radius 3 is 2.43 bits per heavy atom. The molecule has 1 aromatic carbocycles. The molecule has 0 aliphatic rings. The zero-order valence-corrected chi connectivity index (χ0v) is 14.5. The van der Waals surface area contributed by atoms with Crippen LogP contribution in [-0.2, 0) is 26.6 Å². The van der Waals surface area contributed by atoms with Gasteiger partial charge in [-0.05, 0) is 30.3 Å². The summed E-state index contributed by atoms with van der Waals surface area (Å²) in [6.07, 6.45) is 0. The third kappa shape index (κ3) is 4.34. The number of halogens is 1. The Morgan fingerprint density at radius 1 is 1.14 bits per heavy atom. The van der Waals surface area contributed by atoms with E-state index in [0.717, 1.165) is 11.3 Å². The van der Waals surface area contributed by atoms with Gasteiger partial charge in [0.25, 0.3) is 0 Å². The van der Waals surface area contributed by atoms with Crippen LogP contribution in [0.2, 0.25) is 0 Å². The smallest absolute Gasteiger partial charge is 0.224 e. The van der Waals surface area contributed by atoms with Crippen molar-refractivity contribution in [2.75, 3.05) is 0 Å². The molecule has 6 nitrogen and oxygen atoms in total. The molecular weight excluding hydrogens is 400 g/mol. The Hall–Kier alpha value is -0.780. The second kappa shape index (κ2) is 6.15. The number of sulfonamides is 2. The third-order valence-electron chi connectivity index (χ3n) is 2.46. The molecule has 0 radical (unpaired) electrons. The number of nitrogens with one attached hydrogen (secondary N) is 1. The number of hydrogen-bond donors (Lipinski definition) is 2. The van der Waals surface area contributed by atoms with E-state index in [1.807, 2.05) is 0 Å². The average Bonchev–Trinajstić information content (AvgIpc) is 2.85. The number of rotatable bonds is 5. The van der Waals surface area contributed by atoms with E-state index in [-0.39, 0.29) is 15.6 Å². The van der Waals surface area contributed by atoms with Crippen molar-refractivity contribution in [2.45, 2.75) is 15.6 Å². The van der Waals surface area contributed by atoms with Crippen LogP contribution in [0.5, 0.6) is 0 Å². The SMILES string of the molecule is NS(=O)(=O)c1ccc(CNS(=O)(=O)c2cccc(Br)c2)s1. The summed E-state index contributed by atoms with van der Waals surface area (Å²) < 4.78 is 49.5. The zero-order chi connectivity index (χ0) is 15.7. The van der Waals surface area contributed by atoms with Crippen molar-refractivity contribution in [3.63, 3.8) is 0 Å². The molecule has 0 unspecified atom stereocenters. The lowest BCUT2D eigenvalue weighted by Gasteiger charge is -2.05. The minimum Gasteiger partial charge on any atom is -0.224 e. The molecule has 10 heteroatoms. The second-order valence-corrected chi connectivity index (χ2v) is 9.69. The highest BCUT2D eigenvalue weighted by Crippen LogP contribution is 2.21. The van der Waals surface area contributed by atoms with E-state index in [2.05, 4.69) is 20.7 Å². The first-order valence-corrected chi connectivity index (χ1v) is 10.2. The van der Waals surface area contributed by atoms with E-state index in [4.69, 9.17) is 5.14 Å². The Kier molecular flexibility index (Phi) is 4.85. The lowest BCUT2D eigenvalue weighted by Crippen LogP contribution is -2.22. The molecule has 0 amide bonds. The van der Waals surface area contributed by atoms with Crippen LogP contribution in [0, 0.1) is 0 Å². The van der Waals surface area contributed by atoms with Gasteiger partial charge in [-0.15, -0.1) is 11.3 Å². The minimum absolute atomic E-state index is 0.000784. The molecule has 0 spiro atoms. The summed E-state index contributed by atoms with van der Waals surface area (Å²) in [6, 6.07) is 9.15. The summed E-state index contributed by atoms with van der Waals surface area (Å²) in [4.78, 5) is 0.678. The Bertz CT molecular complexity index is 859. The molecule has 0 aliphatic carbocycles. The maximum atomic E-state index is 12.1. The molecule has 0 atom stereocenters. The van der Waals surface area contributed by atoms with Gasteiger partial charge in [0, 0.05) is 15.9 Å². The van der Waals surface area contributed by atoms with E-state index < -0.39 is 20.0 Å². The van der Waals surface area contributed by atoms with Gasteiger partial charge in [-0.2, -0.15) is 0 Å². The van der Waals surface area contributed by atoms with Crippen LogP contribution in [0.3, 0.4) is 0 Å². The van der Waals surface area contributed by atoms with Gasteiger partial charge in [0.1, 0.15) is 4.21 Å². The fraction of sp³-hybridized carbons (Fsp3) is 0.0909. The van der Waals surface area contributed by atoms with Crippen LogP contribution >= 0.6 is 27.3 Å². The predicted octanol–water partition coefficient (Wildman–Crippen LogP) is 1.64. The number of hydrogen-bond acceptors (Lipinski definition) is 5. The van der Waals surface area contributed by atoms with Crippen LogP contribution in [0.4, 0.5) is 0 Å². The summed E-state index contributed by atoms with van der Waals surface area (Å²) in [5.74, 6) is 0. The molecule has 0 fully saturated rings. The number of nitrogens with two attached hydrogens (primary N) is 1. The number of primary sulfonamides is 1. The third-order valence-corrected chi connectivity index (χ3v) is 6.88. The van der Waals surface area contributed by atoms with E-state index in [1.165, 1.54) is 24.3 Å². The van der Waals surface area contributed by atoms with E-state index >= 15 is 0 Å². The highest BCUT2D eigenvalue weighted by atomic mass is 79.9. The molecule has 0 saturated carbocycles. The monoisotopic (exact) mass is 410 g/mol. The molecule has 3 N–H and O–H groups in total. The minimum atomic E-state index is -3.76. The summed E-state index contributed by atoms with van der Waals surface area (Å²) in [5.41, 5.74) is 0. The van der Waals surface area contributed by atoms with Gasteiger partial charge in [-0.1, -0.05) is 22.0 Å². The highest BCUT2D eigenvalue weighted by molar-refractivity contribution is 9.10. The second-order valence-electron chi connectivity index (χ2n) is 4.05. The molecule has 0 saturated heterocycles. The van der Waals surface area contributed by atoms with E-state index in [1.54, 1.807) is 12.1 Å². The zero-order valence-electron chi connectivity index (χ0n) is 10.5. The first kappa shape index (κ1) is 16.6. The summed E-state index contributed by atoms with van der Waals surface area (Å²) >= 11 is 4.13. The number of thiophene rings is 1. The van der Waals surface area contributed by atoms with Gasteiger partial charge in [0.2, 0.25) is 20.0 Å². The maximum absolute atomic E-state index is 12.1. The molecular formula is C11H11BrN2O4S3. The first-order valence-electron chi connectivity index (χ1n) is 5.55. The fourth-order valence-electron chi connectivity index (χ4n) is 1.49. The van der Waals surface area contributed by atoms with Crippen LogP contribution in [0.15, 0.2) is 50.0 Å². The summed E-state index contributed by atoms with van der Waals surface area (Å²) in [7, 11) is -7.42. The molecule has 1 heterocycles.